The Bertz CT molecular complexity index is 817. The molecule has 0 aromatic heterocycles. The van der Waals surface area contributed by atoms with E-state index in [2.05, 4.69) is 5.32 Å². The van der Waals surface area contributed by atoms with Gasteiger partial charge in [-0.05, 0) is 68.0 Å². The van der Waals surface area contributed by atoms with Crippen molar-refractivity contribution < 1.29 is 14.3 Å². The van der Waals surface area contributed by atoms with Crippen molar-refractivity contribution in [3.05, 3.63) is 60.2 Å². The molecular weight excluding hydrogens is 366 g/mol. The Morgan fingerprint density at radius 1 is 1.00 bits per heavy atom. The first-order valence-corrected chi connectivity index (χ1v) is 10.2. The molecule has 1 aliphatic carbocycles. The van der Waals surface area contributed by atoms with Crippen LogP contribution in [-0.4, -0.2) is 24.4 Å². The molecule has 2 aromatic carbocycles. The quantitative estimate of drug-likeness (QED) is 0.639. The molecule has 2 aromatic rings. The smallest absolute Gasteiger partial charge is 0.240 e. The van der Waals surface area contributed by atoms with Crippen LogP contribution < -0.4 is 21.5 Å². The second kappa shape index (κ2) is 10.1. The molecule has 1 atom stereocenters. The Morgan fingerprint density at radius 3 is 2.34 bits per heavy atom. The summed E-state index contributed by atoms with van der Waals surface area (Å²) in [4.78, 5) is 24.6. The molecule has 2 amide bonds. The van der Waals surface area contributed by atoms with Gasteiger partial charge in [0.15, 0.2) is 0 Å². The highest BCUT2D eigenvalue weighted by atomic mass is 16.5. The molecule has 0 saturated heterocycles. The standard InChI is InChI=1S/C23H29N3O3/c24-15-16-9-11-18(12-10-16)23(28)26-21(22(25)27)14-17-5-4-8-20(13-17)29-19-6-2-1-3-7-19/h1-8,13,16,18,21H,9-12,14-15,24H2,(H2,25,27)(H,26,28)/t16?,18?,21-/m0/s1. The van der Waals surface area contributed by atoms with Crippen LogP contribution in [0.1, 0.15) is 31.2 Å². The molecule has 0 aliphatic heterocycles. The van der Waals surface area contributed by atoms with Gasteiger partial charge >= 0.3 is 0 Å². The summed E-state index contributed by atoms with van der Waals surface area (Å²) in [6.45, 7) is 0.666. The Kier molecular flexibility index (Phi) is 7.25. The molecule has 3 rings (SSSR count). The van der Waals surface area contributed by atoms with Gasteiger partial charge < -0.3 is 21.5 Å². The zero-order valence-corrected chi connectivity index (χ0v) is 16.6. The molecule has 0 radical (unpaired) electrons. The summed E-state index contributed by atoms with van der Waals surface area (Å²) < 4.78 is 5.84. The van der Waals surface area contributed by atoms with Crippen molar-refractivity contribution in [1.82, 2.24) is 5.32 Å². The first-order valence-electron chi connectivity index (χ1n) is 10.2. The van der Waals surface area contributed by atoms with E-state index < -0.39 is 11.9 Å². The number of hydrogen-bond donors (Lipinski definition) is 3. The molecule has 0 spiro atoms. The van der Waals surface area contributed by atoms with E-state index in [-0.39, 0.29) is 11.8 Å². The molecule has 6 heteroatoms. The summed E-state index contributed by atoms with van der Waals surface area (Å²) in [5.41, 5.74) is 12.2. The Morgan fingerprint density at radius 2 is 1.69 bits per heavy atom. The topological polar surface area (TPSA) is 107 Å². The van der Waals surface area contributed by atoms with Gasteiger partial charge in [-0.3, -0.25) is 9.59 Å². The first-order chi connectivity index (χ1) is 14.0. The molecule has 1 saturated carbocycles. The first kappa shape index (κ1) is 20.9. The molecule has 6 nitrogen and oxygen atoms in total. The van der Waals surface area contributed by atoms with E-state index in [0.29, 0.717) is 24.6 Å². The van der Waals surface area contributed by atoms with Crippen LogP contribution in [0.4, 0.5) is 0 Å². The zero-order chi connectivity index (χ0) is 20.6. The minimum Gasteiger partial charge on any atom is -0.457 e. The van der Waals surface area contributed by atoms with Gasteiger partial charge in [0.2, 0.25) is 11.8 Å². The van der Waals surface area contributed by atoms with Gasteiger partial charge in [0.05, 0.1) is 0 Å². The number of carbonyl (C=O) groups is 2. The number of para-hydroxylation sites is 1. The maximum absolute atomic E-state index is 12.6. The minimum absolute atomic E-state index is 0.0765. The highest BCUT2D eigenvalue weighted by Gasteiger charge is 2.28. The average Bonchev–Trinajstić information content (AvgIpc) is 2.74. The summed E-state index contributed by atoms with van der Waals surface area (Å²) in [6.07, 6.45) is 3.84. The number of nitrogens with one attached hydrogen (secondary N) is 1. The van der Waals surface area contributed by atoms with Crippen LogP contribution in [0, 0.1) is 11.8 Å². The highest BCUT2D eigenvalue weighted by molar-refractivity contribution is 5.87. The van der Waals surface area contributed by atoms with Crippen LogP contribution in [0.15, 0.2) is 54.6 Å². The summed E-state index contributed by atoms with van der Waals surface area (Å²) in [5.74, 6) is 1.19. The van der Waals surface area contributed by atoms with Crippen LogP contribution >= 0.6 is 0 Å². The highest BCUT2D eigenvalue weighted by Crippen LogP contribution is 2.28. The van der Waals surface area contributed by atoms with E-state index in [1.54, 1.807) is 0 Å². The summed E-state index contributed by atoms with van der Waals surface area (Å²) in [5, 5.41) is 2.85. The third-order valence-corrected chi connectivity index (χ3v) is 5.53. The van der Waals surface area contributed by atoms with Crippen molar-refractivity contribution in [3.8, 4) is 11.5 Å². The predicted molar refractivity (Wildman–Crippen MR) is 112 cm³/mol. The molecular formula is C23H29N3O3. The lowest BCUT2D eigenvalue weighted by Gasteiger charge is -2.28. The van der Waals surface area contributed by atoms with Gasteiger partial charge in [0.25, 0.3) is 0 Å². The van der Waals surface area contributed by atoms with Crippen molar-refractivity contribution in [2.24, 2.45) is 23.3 Å². The number of amides is 2. The lowest BCUT2D eigenvalue weighted by molar-refractivity contribution is -0.130. The number of nitrogens with two attached hydrogens (primary N) is 2. The second-order valence-electron chi connectivity index (χ2n) is 7.68. The Labute approximate surface area is 171 Å². The van der Waals surface area contributed by atoms with E-state index in [1.807, 2.05) is 54.6 Å². The van der Waals surface area contributed by atoms with Crippen molar-refractivity contribution in [2.45, 2.75) is 38.1 Å². The number of ether oxygens (including phenoxy) is 1. The molecule has 0 unspecified atom stereocenters. The second-order valence-corrected chi connectivity index (χ2v) is 7.68. The van der Waals surface area contributed by atoms with E-state index in [0.717, 1.165) is 37.0 Å². The minimum atomic E-state index is -0.748. The van der Waals surface area contributed by atoms with E-state index in [9.17, 15) is 9.59 Å². The maximum Gasteiger partial charge on any atom is 0.240 e. The van der Waals surface area contributed by atoms with Gasteiger partial charge in [0.1, 0.15) is 17.5 Å². The van der Waals surface area contributed by atoms with Crippen molar-refractivity contribution in [1.29, 1.82) is 0 Å². The van der Waals surface area contributed by atoms with Crippen LogP contribution in [0.5, 0.6) is 11.5 Å². The van der Waals surface area contributed by atoms with Gasteiger partial charge in [0, 0.05) is 12.3 Å². The fraction of sp³-hybridized carbons (Fsp3) is 0.391. The molecule has 0 bridgehead atoms. The Balaban J connectivity index is 1.61. The fourth-order valence-electron chi connectivity index (χ4n) is 3.77. The predicted octanol–water partition coefficient (Wildman–Crippen LogP) is 2.76. The van der Waals surface area contributed by atoms with Gasteiger partial charge in [-0.2, -0.15) is 0 Å². The van der Waals surface area contributed by atoms with E-state index >= 15 is 0 Å². The van der Waals surface area contributed by atoms with Crippen LogP contribution in [0.3, 0.4) is 0 Å². The van der Waals surface area contributed by atoms with E-state index in [4.69, 9.17) is 16.2 Å². The van der Waals surface area contributed by atoms with Crippen molar-refractivity contribution in [2.75, 3.05) is 6.54 Å². The molecule has 0 heterocycles. The monoisotopic (exact) mass is 395 g/mol. The number of primary amides is 1. The fourth-order valence-corrected chi connectivity index (χ4v) is 3.77. The van der Waals surface area contributed by atoms with Gasteiger partial charge in [-0.15, -0.1) is 0 Å². The van der Waals surface area contributed by atoms with Crippen molar-refractivity contribution in [3.63, 3.8) is 0 Å². The normalized spacial score (nSPS) is 19.9. The van der Waals surface area contributed by atoms with Crippen LogP contribution in [-0.2, 0) is 16.0 Å². The molecule has 154 valence electrons. The van der Waals surface area contributed by atoms with Gasteiger partial charge in [-0.25, -0.2) is 0 Å². The van der Waals surface area contributed by atoms with E-state index in [1.165, 1.54) is 0 Å². The zero-order valence-electron chi connectivity index (χ0n) is 16.6. The number of benzene rings is 2. The maximum atomic E-state index is 12.6. The lowest BCUT2D eigenvalue weighted by atomic mass is 9.81. The summed E-state index contributed by atoms with van der Waals surface area (Å²) >= 11 is 0. The molecule has 29 heavy (non-hydrogen) atoms. The van der Waals surface area contributed by atoms with Crippen molar-refractivity contribution >= 4 is 11.8 Å². The molecule has 1 fully saturated rings. The molecule has 5 N–H and O–H groups in total. The van der Waals surface area contributed by atoms with Crippen LogP contribution in [0.25, 0.3) is 0 Å². The molecule has 1 aliphatic rings. The number of carbonyl (C=O) groups excluding carboxylic acids is 2. The largest absolute Gasteiger partial charge is 0.457 e. The number of hydrogen-bond acceptors (Lipinski definition) is 4. The SMILES string of the molecule is NCC1CCC(C(=O)N[C@@H](Cc2cccc(Oc3ccccc3)c2)C(N)=O)CC1. The summed E-state index contributed by atoms with van der Waals surface area (Å²) in [7, 11) is 0. The third kappa shape index (κ3) is 6.06. The average molecular weight is 396 g/mol. The Hall–Kier alpha value is -2.86. The van der Waals surface area contributed by atoms with Crippen LogP contribution in [0.2, 0.25) is 0 Å². The summed E-state index contributed by atoms with van der Waals surface area (Å²) in [6, 6.07) is 16.2. The third-order valence-electron chi connectivity index (χ3n) is 5.53. The van der Waals surface area contributed by atoms with Gasteiger partial charge in [-0.1, -0.05) is 30.3 Å². The number of rotatable bonds is 8. The lowest BCUT2D eigenvalue weighted by Crippen LogP contribution is -2.48.